The van der Waals surface area contributed by atoms with Crippen molar-refractivity contribution < 1.29 is 18.0 Å². The summed E-state index contributed by atoms with van der Waals surface area (Å²) in [6.45, 7) is 7.26. The average Bonchev–Trinajstić information content (AvgIpc) is 2.68. The first-order valence-corrected chi connectivity index (χ1v) is 9.20. The zero-order valence-electron chi connectivity index (χ0n) is 15.8. The van der Waals surface area contributed by atoms with E-state index in [4.69, 9.17) is 0 Å². The van der Waals surface area contributed by atoms with Crippen LogP contribution in [0, 0.1) is 0 Å². The summed E-state index contributed by atoms with van der Waals surface area (Å²) in [5, 5.41) is 5.93. The number of amides is 1. The van der Waals surface area contributed by atoms with Crippen molar-refractivity contribution in [3.8, 4) is 0 Å². The number of benzene rings is 1. The molecule has 8 heteroatoms. The standard InChI is InChI=1S/C20H23F3N4O/c1-13(2)14-5-6-16(17(12-14)27-10-8-24-9-11-27)26-19(28)15-4-3-7-25-18(15)20(21,22)23/h3-7,12-13,24H,8-11H2,1-2H3,(H,26,28). The van der Waals surface area contributed by atoms with Crippen LogP contribution < -0.4 is 15.5 Å². The van der Waals surface area contributed by atoms with E-state index in [1.807, 2.05) is 12.1 Å². The lowest BCUT2D eigenvalue weighted by Crippen LogP contribution is -2.43. The molecule has 3 rings (SSSR count). The Balaban J connectivity index is 1.95. The van der Waals surface area contributed by atoms with Gasteiger partial charge >= 0.3 is 6.18 Å². The highest BCUT2D eigenvalue weighted by Gasteiger charge is 2.37. The number of carbonyl (C=O) groups is 1. The van der Waals surface area contributed by atoms with Crippen LogP contribution in [0.25, 0.3) is 0 Å². The minimum atomic E-state index is -4.70. The van der Waals surface area contributed by atoms with E-state index in [-0.39, 0.29) is 0 Å². The van der Waals surface area contributed by atoms with E-state index in [2.05, 4.69) is 34.4 Å². The van der Waals surface area contributed by atoms with Crippen molar-refractivity contribution in [2.24, 2.45) is 0 Å². The van der Waals surface area contributed by atoms with E-state index >= 15 is 0 Å². The fourth-order valence-electron chi connectivity index (χ4n) is 3.18. The van der Waals surface area contributed by atoms with E-state index in [9.17, 15) is 18.0 Å². The third-order valence-electron chi connectivity index (χ3n) is 4.72. The van der Waals surface area contributed by atoms with Gasteiger partial charge in [0.15, 0.2) is 5.69 Å². The third-order valence-corrected chi connectivity index (χ3v) is 4.72. The summed E-state index contributed by atoms with van der Waals surface area (Å²) < 4.78 is 39.6. The maximum absolute atomic E-state index is 13.2. The van der Waals surface area contributed by atoms with E-state index in [0.717, 1.165) is 49.7 Å². The Bertz CT molecular complexity index is 846. The number of alkyl halides is 3. The maximum Gasteiger partial charge on any atom is 0.434 e. The Labute approximate surface area is 162 Å². The largest absolute Gasteiger partial charge is 0.434 e. The summed E-state index contributed by atoms with van der Waals surface area (Å²) in [5.41, 5.74) is 0.736. The van der Waals surface area contributed by atoms with Crippen molar-refractivity contribution in [3.63, 3.8) is 0 Å². The van der Waals surface area contributed by atoms with Gasteiger partial charge in [0, 0.05) is 32.4 Å². The van der Waals surface area contributed by atoms with E-state index in [1.165, 1.54) is 6.07 Å². The molecule has 28 heavy (non-hydrogen) atoms. The highest BCUT2D eigenvalue weighted by Crippen LogP contribution is 2.33. The van der Waals surface area contributed by atoms with Gasteiger partial charge in [-0.1, -0.05) is 19.9 Å². The van der Waals surface area contributed by atoms with Crippen LogP contribution in [0.15, 0.2) is 36.5 Å². The van der Waals surface area contributed by atoms with Gasteiger partial charge in [-0.3, -0.25) is 9.78 Å². The quantitative estimate of drug-likeness (QED) is 0.829. The predicted molar refractivity (Wildman–Crippen MR) is 103 cm³/mol. The molecule has 2 N–H and O–H groups in total. The third kappa shape index (κ3) is 4.44. The molecule has 2 heterocycles. The molecule has 0 spiro atoms. The summed E-state index contributed by atoms with van der Waals surface area (Å²) in [4.78, 5) is 18.1. The van der Waals surface area contributed by atoms with Crippen molar-refractivity contribution in [2.45, 2.75) is 25.9 Å². The highest BCUT2D eigenvalue weighted by atomic mass is 19.4. The van der Waals surface area contributed by atoms with Crippen LogP contribution in [0.4, 0.5) is 24.5 Å². The van der Waals surface area contributed by atoms with E-state index < -0.39 is 23.3 Å². The van der Waals surface area contributed by atoms with Gasteiger partial charge in [-0.25, -0.2) is 0 Å². The number of carbonyl (C=O) groups excluding carboxylic acids is 1. The molecule has 2 aromatic rings. The lowest BCUT2D eigenvalue weighted by molar-refractivity contribution is -0.141. The zero-order chi connectivity index (χ0) is 20.3. The van der Waals surface area contributed by atoms with Crippen molar-refractivity contribution >= 4 is 17.3 Å². The number of hydrogen-bond acceptors (Lipinski definition) is 4. The van der Waals surface area contributed by atoms with Crippen molar-refractivity contribution in [3.05, 3.63) is 53.3 Å². The molecule has 1 aliphatic heterocycles. The topological polar surface area (TPSA) is 57.3 Å². The van der Waals surface area contributed by atoms with Crippen LogP contribution in [0.1, 0.15) is 41.4 Å². The normalized spacial score (nSPS) is 15.0. The fourth-order valence-corrected chi connectivity index (χ4v) is 3.18. The molecule has 1 amide bonds. The van der Waals surface area contributed by atoms with Crippen LogP contribution in [-0.4, -0.2) is 37.1 Å². The lowest BCUT2D eigenvalue weighted by Gasteiger charge is -2.32. The molecule has 1 aromatic carbocycles. The molecule has 1 saturated heterocycles. The molecule has 0 unspecified atom stereocenters. The Morgan fingerprint density at radius 2 is 1.93 bits per heavy atom. The number of halogens is 3. The summed E-state index contributed by atoms with van der Waals surface area (Å²) >= 11 is 0. The summed E-state index contributed by atoms with van der Waals surface area (Å²) in [6.07, 6.45) is -3.67. The monoisotopic (exact) mass is 392 g/mol. The molecule has 0 aliphatic carbocycles. The van der Waals surface area contributed by atoms with Gasteiger partial charge in [-0.2, -0.15) is 13.2 Å². The number of aromatic nitrogens is 1. The van der Waals surface area contributed by atoms with Gasteiger partial charge in [0.25, 0.3) is 5.91 Å². The Morgan fingerprint density at radius 3 is 2.57 bits per heavy atom. The van der Waals surface area contributed by atoms with Crippen LogP contribution in [0.5, 0.6) is 0 Å². The zero-order valence-corrected chi connectivity index (χ0v) is 15.8. The van der Waals surface area contributed by atoms with Crippen LogP contribution in [-0.2, 0) is 6.18 Å². The van der Waals surface area contributed by atoms with E-state index in [0.29, 0.717) is 11.6 Å². The number of nitrogens with zero attached hydrogens (tertiary/aromatic N) is 2. The number of pyridine rings is 1. The van der Waals surface area contributed by atoms with Crippen LogP contribution in [0.3, 0.4) is 0 Å². The number of rotatable bonds is 4. The smallest absolute Gasteiger partial charge is 0.367 e. The second-order valence-electron chi connectivity index (χ2n) is 7.02. The van der Waals surface area contributed by atoms with Crippen molar-refractivity contribution in [1.82, 2.24) is 10.3 Å². The van der Waals surface area contributed by atoms with Crippen LogP contribution >= 0.6 is 0 Å². The SMILES string of the molecule is CC(C)c1ccc(NC(=O)c2cccnc2C(F)(F)F)c(N2CCNCC2)c1. The molecule has 0 saturated carbocycles. The molecule has 150 valence electrons. The minimum Gasteiger partial charge on any atom is -0.367 e. The highest BCUT2D eigenvalue weighted by molar-refractivity contribution is 6.06. The summed E-state index contributed by atoms with van der Waals surface area (Å²) in [7, 11) is 0. The number of hydrogen-bond donors (Lipinski definition) is 2. The first kappa shape index (κ1) is 20.1. The fraction of sp³-hybridized carbons (Fsp3) is 0.400. The second kappa shape index (κ2) is 8.18. The van der Waals surface area contributed by atoms with Gasteiger partial charge in [0.2, 0.25) is 0 Å². The predicted octanol–water partition coefficient (Wildman–Crippen LogP) is 3.89. The average molecular weight is 392 g/mol. The molecule has 1 aromatic heterocycles. The molecule has 1 fully saturated rings. The lowest BCUT2D eigenvalue weighted by atomic mass is 10.0. The van der Waals surface area contributed by atoms with E-state index in [1.54, 1.807) is 6.07 Å². The second-order valence-corrected chi connectivity index (χ2v) is 7.02. The van der Waals surface area contributed by atoms with Gasteiger partial charge < -0.3 is 15.5 Å². The Hall–Kier alpha value is -2.61. The van der Waals surface area contributed by atoms with Gasteiger partial charge in [0.1, 0.15) is 0 Å². The number of nitrogens with one attached hydrogen (secondary N) is 2. The first-order valence-electron chi connectivity index (χ1n) is 9.20. The maximum atomic E-state index is 13.2. The molecular formula is C20H23F3N4O. The summed E-state index contributed by atoms with van der Waals surface area (Å²) in [5.74, 6) is -0.532. The molecule has 5 nitrogen and oxygen atoms in total. The first-order chi connectivity index (χ1) is 13.3. The van der Waals surface area contributed by atoms with Gasteiger partial charge in [-0.15, -0.1) is 0 Å². The number of anilines is 2. The molecule has 0 atom stereocenters. The van der Waals surface area contributed by atoms with Gasteiger partial charge in [-0.05, 0) is 35.7 Å². The number of piperazine rings is 1. The molecule has 0 radical (unpaired) electrons. The van der Waals surface area contributed by atoms with Crippen LogP contribution in [0.2, 0.25) is 0 Å². The van der Waals surface area contributed by atoms with Crippen molar-refractivity contribution in [2.75, 3.05) is 36.4 Å². The minimum absolute atomic E-state index is 0.293. The van der Waals surface area contributed by atoms with Gasteiger partial charge in [0.05, 0.1) is 16.9 Å². The molecule has 0 bridgehead atoms. The van der Waals surface area contributed by atoms with Crippen molar-refractivity contribution in [1.29, 1.82) is 0 Å². The molecule has 1 aliphatic rings. The molecular weight excluding hydrogens is 369 g/mol. The Kier molecular flexibility index (Phi) is 5.88. The Morgan fingerprint density at radius 1 is 1.21 bits per heavy atom. The summed E-state index contributed by atoms with van der Waals surface area (Å²) in [6, 6.07) is 8.11.